The van der Waals surface area contributed by atoms with Gasteiger partial charge >= 0.3 is 0 Å². The molecule has 0 unspecified atom stereocenters. The van der Waals surface area contributed by atoms with Crippen molar-refractivity contribution in [2.45, 2.75) is 32.9 Å². The minimum atomic E-state index is -0.293. The fourth-order valence-electron chi connectivity index (χ4n) is 1.92. The molecule has 0 fully saturated rings. The van der Waals surface area contributed by atoms with Crippen molar-refractivity contribution < 1.29 is 4.74 Å². The Morgan fingerprint density at radius 3 is 2.78 bits per heavy atom. The van der Waals surface area contributed by atoms with Gasteiger partial charge in [0.1, 0.15) is 5.60 Å². The maximum Gasteiger partial charge on any atom is 0.275 e. The largest absolute Gasteiger partial charge is 0.472 e. The zero-order valence-electron chi connectivity index (χ0n) is 13.1. The number of hydrogen-bond acceptors (Lipinski definition) is 7. The molecule has 3 heterocycles. The summed E-state index contributed by atoms with van der Waals surface area (Å²) in [4.78, 5) is 20.5. The van der Waals surface area contributed by atoms with Gasteiger partial charge in [0.15, 0.2) is 0 Å². The second-order valence-electron chi connectivity index (χ2n) is 5.95. The van der Waals surface area contributed by atoms with Gasteiger partial charge in [0, 0.05) is 31.1 Å². The highest BCUT2D eigenvalue weighted by Crippen LogP contribution is 2.19. The molecule has 0 aliphatic rings. The lowest BCUT2D eigenvalue weighted by Gasteiger charge is -2.20. The number of fused-ring (bicyclic) bond motifs is 1. The van der Waals surface area contributed by atoms with E-state index in [9.17, 15) is 4.79 Å². The van der Waals surface area contributed by atoms with E-state index in [4.69, 9.17) is 4.74 Å². The molecule has 0 saturated heterocycles. The van der Waals surface area contributed by atoms with Crippen LogP contribution in [0.3, 0.4) is 0 Å². The van der Waals surface area contributed by atoms with Crippen molar-refractivity contribution >= 4 is 21.4 Å². The Labute approximate surface area is 137 Å². The van der Waals surface area contributed by atoms with E-state index in [-0.39, 0.29) is 11.2 Å². The Hall–Kier alpha value is -2.48. The van der Waals surface area contributed by atoms with E-state index in [2.05, 4.69) is 20.4 Å². The lowest BCUT2D eigenvalue weighted by Crippen LogP contribution is -2.23. The Balaban J connectivity index is 1.73. The van der Waals surface area contributed by atoms with E-state index < -0.39 is 0 Å². The van der Waals surface area contributed by atoms with E-state index >= 15 is 0 Å². The average Bonchev–Trinajstić information content (AvgIpc) is 2.88. The summed E-state index contributed by atoms with van der Waals surface area (Å²) in [5.74, 6) is 0.582. The van der Waals surface area contributed by atoms with Crippen molar-refractivity contribution in [1.29, 1.82) is 0 Å². The maximum absolute atomic E-state index is 11.7. The van der Waals surface area contributed by atoms with Gasteiger partial charge in [-0.15, -0.1) is 5.10 Å². The highest BCUT2D eigenvalue weighted by Gasteiger charge is 2.13. The van der Waals surface area contributed by atoms with E-state index in [1.54, 1.807) is 6.20 Å². The van der Waals surface area contributed by atoms with Crippen LogP contribution in [-0.2, 0) is 6.54 Å². The summed E-state index contributed by atoms with van der Waals surface area (Å²) in [6.07, 6.45) is 3.20. The number of hydrogen-bond donors (Lipinski definition) is 1. The van der Waals surface area contributed by atoms with Crippen LogP contribution in [0.2, 0.25) is 0 Å². The minimum absolute atomic E-state index is 0.191. The van der Waals surface area contributed by atoms with E-state index in [0.29, 0.717) is 22.5 Å². The monoisotopic (exact) mass is 331 g/mol. The SMILES string of the molecule is CC(C)(C)Oc1cc(CNc2nn3c(=O)ccnc3s2)ccn1. The van der Waals surface area contributed by atoms with Crippen LogP contribution in [-0.4, -0.2) is 25.2 Å². The van der Waals surface area contributed by atoms with Crippen molar-refractivity contribution in [2.75, 3.05) is 5.32 Å². The molecule has 120 valence electrons. The molecule has 3 rings (SSSR count). The predicted molar refractivity (Wildman–Crippen MR) is 89.1 cm³/mol. The standard InChI is InChI=1S/C15H17N5O2S/c1-15(2,3)22-11-8-10(4-6-16-11)9-18-13-19-20-12(21)5-7-17-14(20)23-13/h4-8H,9H2,1-3H3,(H,18,19). The number of anilines is 1. The molecule has 1 N–H and O–H groups in total. The molecule has 0 radical (unpaired) electrons. The third-order valence-electron chi connectivity index (χ3n) is 2.82. The molecule has 23 heavy (non-hydrogen) atoms. The van der Waals surface area contributed by atoms with Crippen molar-refractivity contribution in [3.05, 3.63) is 46.5 Å². The zero-order chi connectivity index (χ0) is 16.4. The van der Waals surface area contributed by atoms with Crippen LogP contribution >= 0.6 is 11.3 Å². The van der Waals surface area contributed by atoms with E-state index in [0.717, 1.165) is 5.56 Å². The van der Waals surface area contributed by atoms with Crippen LogP contribution in [0.4, 0.5) is 5.13 Å². The van der Waals surface area contributed by atoms with E-state index in [1.165, 1.54) is 28.1 Å². The Kier molecular flexibility index (Phi) is 3.99. The molecule has 0 aromatic carbocycles. The van der Waals surface area contributed by atoms with Crippen LogP contribution in [0.15, 0.2) is 35.4 Å². The minimum Gasteiger partial charge on any atom is -0.472 e. The summed E-state index contributed by atoms with van der Waals surface area (Å²) < 4.78 is 7.04. The van der Waals surface area contributed by atoms with Crippen LogP contribution < -0.4 is 15.6 Å². The fraction of sp³-hybridized carbons (Fsp3) is 0.333. The molecule has 0 amide bonds. The number of pyridine rings is 1. The maximum atomic E-state index is 11.7. The quantitative estimate of drug-likeness (QED) is 0.790. The first-order valence-electron chi connectivity index (χ1n) is 7.13. The summed E-state index contributed by atoms with van der Waals surface area (Å²) in [5.41, 5.74) is 0.529. The molecule has 0 saturated carbocycles. The average molecular weight is 331 g/mol. The third kappa shape index (κ3) is 3.84. The van der Waals surface area contributed by atoms with Crippen molar-refractivity contribution in [2.24, 2.45) is 0 Å². The first kappa shape index (κ1) is 15.4. The summed E-state index contributed by atoms with van der Waals surface area (Å²) in [6.45, 7) is 6.49. The first-order valence-corrected chi connectivity index (χ1v) is 7.95. The number of ether oxygens (including phenoxy) is 1. The van der Waals surface area contributed by atoms with Crippen molar-refractivity contribution in [3.63, 3.8) is 0 Å². The number of nitrogens with zero attached hydrogens (tertiary/aromatic N) is 4. The van der Waals surface area contributed by atoms with Gasteiger partial charge in [-0.2, -0.15) is 4.52 Å². The number of rotatable bonds is 4. The molecule has 3 aromatic rings. The van der Waals surface area contributed by atoms with Crippen LogP contribution in [0, 0.1) is 0 Å². The normalized spacial score (nSPS) is 11.6. The Bertz CT molecular complexity index is 881. The second kappa shape index (κ2) is 5.96. The smallest absolute Gasteiger partial charge is 0.275 e. The van der Waals surface area contributed by atoms with Gasteiger partial charge < -0.3 is 10.1 Å². The molecular formula is C15H17N5O2S. The van der Waals surface area contributed by atoms with Gasteiger partial charge in [0.05, 0.1) is 0 Å². The van der Waals surface area contributed by atoms with Gasteiger partial charge in [-0.1, -0.05) is 11.3 Å². The molecule has 0 aliphatic heterocycles. The second-order valence-corrected chi connectivity index (χ2v) is 6.91. The summed E-state index contributed by atoms with van der Waals surface area (Å²) in [5, 5.41) is 8.04. The van der Waals surface area contributed by atoms with Gasteiger partial charge in [-0.3, -0.25) is 4.79 Å². The molecule has 0 aliphatic carbocycles. The highest BCUT2D eigenvalue weighted by atomic mass is 32.1. The molecular weight excluding hydrogens is 314 g/mol. The van der Waals surface area contributed by atoms with Crippen molar-refractivity contribution in [1.82, 2.24) is 19.6 Å². The molecule has 0 bridgehead atoms. The molecule has 7 nitrogen and oxygen atoms in total. The fourth-order valence-corrected chi connectivity index (χ4v) is 2.69. The third-order valence-corrected chi connectivity index (χ3v) is 3.70. The highest BCUT2D eigenvalue weighted by molar-refractivity contribution is 7.20. The summed E-state index contributed by atoms with van der Waals surface area (Å²) >= 11 is 1.33. The number of aromatic nitrogens is 4. The molecule has 3 aromatic heterocycles. The lowest BCUT2D eigenvalue weighted by molar-refractivity contribution is 0.124. The van der Waals surface area contributed by atoms with E-state index in [1.807, 2.05) is 32.9 Å². The lowest BCUT2D eigenvalue weighted by atomic mass is 10.2. The summed E-state index contributed by atoms with van der Waals surface area (Å²) in [7, 11) is 0. The topological polar surface area (TPSA) is 81.4 Å². The van der Waals surface area contributed by atoms with Gasteiger partial charge in [-0.25, -0.2) is 9.97 Å². The van der Waals surface area contributed by atoms with Crippen LogP contribution in [0.25, 0.3) is 4.96 Å². The molecule has 0 spiro atoms. The van der Waals surface area contributed by atoms with Gasteiger partial charge in [0.25, 0.3) is 5.56 Å². The Morgan fingerprint density at radius 1 is 1.26 bits per heavy atom. The van der Waals surface area contributed by atoms with Gasteiger partial charge in [0.2, 0.25) is 16.0 Å². The summed E-state index contributed by atoms with van der Waals surface area (Å²) in [6, 6.07) is 5.17. The number of nitrogens with one attached hydrogen (secondary N) is 1. The van der Waals surface area contributed by atoms with Crippen molar-refractivity contribution in [3.8, 4) is 5.88 Å². The Morgan fingerprint density at radius 2 is 2.04 bits per heavy atom. The molecule has 0 atom stereocenters. The van der Waals surface area contributed by atoms with Crippen LogP contribution in [0.5, 0.6) is 5.88 Å². The van der Waals surface area contributed by atoms with Gasteiger partial charge in [-0.05, 0) is 32.4 Å². The first-order chi connectivity index (χ1) is 10.9. The molecule has 8 heteroatoms. The zero-order valence-corrected chi connectivity index (χ0v) is 13.9. The predicted octanol–water partition coefficient (Wildman–Crippen LogP) is 2.34. The van der Waals surface area contributed by atoms with Crippen LogP contribution in [0.1, 0.15) is 26.3 Å².